The molecule has 0 aromatic rings. The lowest BCUT2D eigenvalue weighted by Gasteiger charge is -2.11. The molecule has 0 aromatic carbocycles. The van der Waals surface area contributed by atoms with E-state index in [1.807, 2.05) is 0 Å². The van der Waals surface area contributed by atoms with Crippen LogP contribution in [-0.2, 0) is 0 Å². The largest absolute Gasteiger partial charge is 0.327 e. The van der Waals surface area contributed by atoms with Crippen molar-refractivity contribution in [3.05, 3.63) is 0 Å². The van der Waals surface area contributed by atoms with Crippen LogP contribution in [0.1, 0.15) is 6.42 Å². The SMILES string of the molecule is N[C@@H]1C2CC3[C@@H]1[C@H]3[C@@H]2N. The van der Waals surface area contributed by atoms with E-state index in [4.69, 9.17) is 11.5 Å². The number of hydrogen-bond acceptors (Lipinski definition) is 2. The van der Waals surface area contributed by atoms with E-state index in [1.54, 1.807) is 0 Å². The topological polar surface area (TPSA) is 52.0 Å². The zero-order chi connectivity index (χ0) is 6.17. The fourth-order valence-corrected chi connectivity index (χ4v) is 3.28. The van der Waals surface area contributed by atoms with Crippen molar-refractivity contribution < 1.29 is 0 Å². The Hall–Kier alpha value is -0.0800. The standard InChI is InChI=1S/C7H12N2/c8-6-3-1-2-4(6)5(2)7(3)9/h2-7H,1,8-9H2/t2?,3?,4-,5+,6-,7-/m1/s1. The lowest BCUT2D eigenvalue weighted by Crippen LogP contribution is -2.32. The number of hydrogen-bond donors (Lipinski definition) is 2. The first-order chi connectivity index (χ1) is 4.30. The van der Waals surface area contributed by atoms with Crippen molar-refractivity contribution in [3.8, 4) is 0 Å². The lowest BCUT2D eigenvalue weighted by molar-refractivity contribution is 0.473. The van der Waals surface area contributed by atoms with E-state index in [0.717, 1.165) is 17.8 Å². The molecule has 0 aliphatic heterocycles. The summed E-state index contributed by atoms with van der Waals surface area (Å²) in [6, 6.07) is 0.963. The second-order valence-electron chi connectivity index (χ2n) is 3.87. The summed E-state index contributed by atoms with van der Waals surface area (Å²) in [6.45, 7) is 0. The predicted octanol–water partition coefficient (Wildman–Crippen LogP) is -0.463. The van der Waals surface area contributed by atoms with E-state index in [9.17, 15) is 0 Å². The number of rotatable bonds is 0. The van der Waals surface area contributed by atoms with Gasteiger partial charge in [0, 0.05) is 12.1 Å². The first-order valence-corrected chi connectivity index (χ1v) is 3.82. The summed E-state index contributed by atoms with van der Waals surface area (Å²) in [5.41, 5.74) is 11.8. The molecule has 9 heavy (non-hydrogen) atoms. The Morgan fingerprint density at radius 2 is 1.44 bits per heavy atom. The molecule has 2 heteroatoms. The van der Waals surface area contributed by atoms with Crippen LogP contribution in [0.3, 0.4) is 0 Å². The van der Waals surface area contributed by atoms with Crippen molar-refractivity contribution in [3.63, 3.8) is 0 Å². The molecule has 0 radical (unpaired) electrons. The van der Waals surface area contributed by atoms with Crippen molar-refractivity contribution >= 4 is 0 Å². The van der Waals surface area contributed by atoms with E-state index >= 15 is 0 Å². The summed E-state index contributed by atoms with van der Waals surface area (Å²) < 4.78 is 0. The van der Waals surface area contributed by atoms with Gasteiger partial charge >= 0.3 is 0 Å². The van der Waals surface area contributed by atoms with Gasteiger partial charge in [0.2, 0.25) is 0 Å². The van der Waals surface area contributed by atoms with Gasteiger partial charge in [0.1, 0.15) is 0 Å². The maximum atomic E-state index is 5.92. The normalized spacial score (nSPS) is 75.3. The first kappa shape index (κ1) is 4.69. The minimum atomic E-state index is 0.481. The third-order valence-corrected chi connectivity index (χ3v) is 3.71. The molecule has 4 aliphatic rings. The van der Waals surface area contributed by atoms with Gasteiger partial charge in [-0.15, -0.1) is 0 Å². The van der Waals surface area contributed by atoms with Gasteiger partial charge in [-0.05, 0) is 30.1 Å². The smallest absolute Gasteiger partial charge is 0.0117 e. The Morgan fingerprint density at radius 3 is 1.56 bits per heavy atom. The van der Waals surface area contributed by atoms with Crippen LogP contribution < -0.4 is 11.5 Å². The molecule has 0 saturated heterocycles. The van der Waals surface area contributed by atoms with Crippen LogP contribution >= 0.6 is 0 Å². The first-order valence-electron chi connectivity index (χ1n) is 3.82. The van der Waals surface area contributed by atoms with E-state index in [-0.39, 0.29) is 0 Å². The van der Waals surface area contributed by atoms with Crippen LogP contribution in [-0.4, -0.2) is 12.1 Å². The molecule has 4 N–H and O–H groups in total. The molecular weight excluding hydrogens is 112 g/mol. The van der Waals surface area contributed by atoms with Crippen LogP contribution in [0.5, 0.6) is 0 Å². The molecule has 0 spiro atoms. The summed E-state index contributed by atoms with van der Waals surface area (Å²) >= 11 is 0. The molecule has 4 rings (SSSR count). The Labute approximate surface area is 54.6 Å². The van der Waals surface area contributed by atoms with Crippen LogP contribution in [0.2, 0.25) is 0 Å². The van der Waals surface area contributed by atoms with Crippen molar-refractivity contribution in [1.82, 2.24) is 0 Å². The van der Waals surface area contributed by atoms with Crippen LogP contribution in [0.25, 0.3) is 0 Å². The van der Waals surface area contributed by atoms with Crippen LogP contribution in [0, 0.1) is 23.7 Å². The monoisotopic (exact) mass is 124 g/mol. The average Bonchev–Trinajstić information content (AvgIpc) is 2.18. The van der Waals surface area contributed by atoms with Crippen LogP contribution in [0.15, 0.2) is 0 Å². The zero-order valence-corrected chi connectivity index (χ0v) is 5.33. The quantitative estimate of drug-likeness (QED) is 0.459. The maximum absolute atomic E-state index is 5.92. The van der Waals surface area contributed by atoms with Gasteiger partial charge in [-0.2, -0.15) is 0 Å². The van der Waals surface area contributed by atoms with Gasteiger partial charge < -0.3 is 11.5 Å². The van der Waals surface area contributed by atoms with E-state index in [0.29, 0.717) is 18.0 Å². The highest BCUT2D eigenvalue weighted by Gasteiger charge is 2.71. The Bertz CT molecular complexity index is 148. The molecule has 0 aromatic heterocycles. The van der Waals surface area contributed by atoms with Crippen molar-refractivity contribution in [2.45, 2.75) is 18.5 Å². The maximum Gasteiger partial charge on any atom is 0.0117 e. The van der Waals surface area contributed by atoms with E-state index < -0.39 is 0 Å². The molecule has 4 saturated carbocycles. The van der Waals surface area contributed by atoms with Gasteiger partial charge in [-0.25, -0.2) is 0 Å². The molecule has 50 valence electrons. The van der Waals surface area contributed by atoms with Gasteiger partial charge in [0.25, 0.3) is 0 Å². The summed E-state index contributed by atoms with van der Waals surface area (Å²) in [5.74, 6) is 3.36. The fourth-order valence-electron chi connectivity index (χ4n) is 3.28. The van der Waals surface area contributed by atoms with E-state index in [1.165, 1.54) is 6.42 Å². The molecule has 2 nitrogen and oxygen atoms in total. The third kappa shape index (κ3) is 0.310. The minimum Gasteiger partial charge on any atom is -0.327 e. The molecule has 2 unspecified atom stereocenters. The zero-order valence-electron chi connectivity index (χ0n) is 5.33. The molecule has 4 bridgehead atoms. The Balaban J connectivity index is 2.07. The second-order valence-corrected chi connectivity index (χ2v) is 3.87. The molecule has 4 fully saturated rings. The van der Waals surface area contributed by atoms with Gasteiger partial charge in [0.05, 0.1) is 0 Å². The summed E-state index contributed by atoms with van der Waals surface area (Å²) in [7, 11) is 0. The Kier molecular flexibility index (Phi) is 0.552. The van der Waals surface area contributed by atoms with Crippen molar-refractivity contribution in [2.75, 3.05) is 0 Å². The average molecular weight is 124 g/mol. The molecule has 6 atom stereocenters. The highest BCUT2D eigenvalue weighted by atomic mass is 14.9. The minimum absolute atomic E-state index is 0.481. The number of nitrogens with two attached hydrogens (primary N) is 2. The summed E-state index contributed by atoms with van der Waals surface area (Å²) in [5, 5.41) is 0. The van der Waals surface area contributed by atoms with Gasteiger partial charge in [-0.1, -0.05) is 0 Å². The summed E-state index contributed by atoms with van der Waals surface area (Å²) in [4.78, 5) is 0. The predicted molar refractivity (Wildman–Crippen MR) is 34.5 cm³/mol. The molecule has 0 amide bonds. The Morgan fingerprint density at radius 1 is 0.889 bits per heavy atom. The van der Waals surface area contributed by atoms with Gasteiger partial charge in [0.15, 0.2) is 0 Å². The molecule has 4 aliphatic carbocycles. The molecule has 0 heterocycles. The summed E-state index contributed by atoms with van der Waals surface area (Å²) in [6.07, 6.45) is 1.34. The second kappa shape index (κ2) is 1.06. The lowest BCUT2D eigenvalue weighted by atomic mass is 10.0. The fraction of sp³-hybridized carbons (Fsp3) is 1.00. The van der Waals surface area contributed by atoms with Crippen molar-refractivity contribution in [1.29, 1.82) is 0 Å². The highest BCUT2D eigenvalue weighted by Crippen LogP contribution is 2.68. The third-order valence-electron chi connectivity index (χ3n) is 3.71. The van der Waals surface area contributed by atoms with Gasteiger partial charge in [-0.3, -0.25) is 0 Å². The highest BCUT2D eigenvalue weighted by molar-refractivity contribution is 5.24. The molecular formula is C7H12N2. The van der Waals surface area contributed by atoms with Crippen molar-refractivity contribution in [2.24, 2.45) is 35.1 Å². The van der Waals surface area contributed by atoms with E-state index in [2.05, 4.69) is 0 Å². The van der Waals surface area contributed by atoms with Crippen LogP contribution in [0.4, 0.5) is 0 Å².